The lowest BCUT2D eigenvalue weighted by molar-refractivity contribution is 0.317. The van der Waals surface area contributed by atoms with Crippen LogP contribution in [0.3, 0.4) is 0 Å². The Bertz CT molecular complexity index is 1640. The van der Waals surface area contributed by atoms with Crippen LogP contribution in [0.15, 0.2) is 82.4 Å². The summed E-state index contributed by atoms with van der Waals surface area (Å²) in [6.07, 6.45) is 0.923. The van der Waals surface area contributed by atoms with Gasteiger partial charge in [-0.1, -0.05) is 67.6 Å². The zero-order valence-corrected chi connectivity index (χ0v) is 17.5. The fourth-order valence-corrected chi connectivity index (χ4v) is 4.69. The van der Waals surface area contributed by atoms with Crippen molar-refractivity contribution >= 4 is 43.4 Å². The molecule has 0 atom stereocenters. The largest absolute Gasteiger partial charge is 0.494 e. The maximum Gasteiger partial charge on any atom is 0.196 e. The van der Waals surface area contributed by atoms with Crippen LogP contribution in [0.1, 0.15) is 13.3 Å². The molecule has 0 spiro atoms. The van der Waals surface area contributed by atoms with Gasteiger partial charge in [0.2, 0.25) is 0 Å². The molecule has 32 heavy (non-hydrogen) atoms. The molecule has 0 bridgehead atoms. The van der Waals surface area contributed by atoms with Gasteiger partial charge in [-0.3, -0.25) is 9.59 Å². The highest BCUT2D eigenvalue weighted by Gasteiger charge is 2.23. The van der Waals surface area contributed by atoms with Crippen molar-refractivity contribution in [2.45, 2.75) is 13.3 Å². The Morgan fingerprint density at radius 2 is 1.19 bits per heavy atom. The molecular formula is C28H19NO3. The van der Waals surface area contributed by atoms with Crippen LogP contribution in [0.25, 0.3) is 54.5 Å². The van der Waals surface area contributed by atoms with Gasteiger partial charge in [0.25, 0.3) is 0 Å². The molecule has 0 N–H and O–H groups in total. The van der Waals surface area contributed by atoms with Crippen LogP contribution in [0.2, 0.25) is 0 Å². The van der Waals surface area contributed by atoms with Crippen LogP contribution in [0, 0.1) is 0 Å². The molecule has 4 nitrogen and oxygen atoms in total. The van der Waals surface area contributed by atoms with Crippen molar-refractivity contribution in [1.29, 1.82) is 0 Å². The van der Waals surface area contributed by atoms with Crippen LogP contribution in [0.4, 0.5) is 0 Å². The second kappa shape index (κ2) is 6.99. The highest BCUT2D eigenvalue weighted by atomic mass is 16.5. The quantitative estimate of drug-likeness (QED) is 0.367. The third kappa shape index (κ3) is 2.53. The predicted molar refractivity (Wildman–Crippen MR) is 130 cm³/mol. The molecule has 0 amide bonds. The van der Waals surface area contributed by atoms with Gasteiger partial charge >= 0.3 is 0 Å². The molecule has 0 saturated heterocycles. The van der Waals surface area contributed by atoms with Gasteiger partial charge in [-0.15, -0.1) is 0 Å². The molecule has 0 aliphatic heterocycles. The fraction of sp³-hybridized carbons (Fsp3) is 0.107. The summed E-state index contributed by atoms with van der Waals surface area (Å²) >= 11 is 0. The zero-order valence-electron chi connectivity index (χ0n) is 17.5. The number of benzene rings is 3. The van der Waals surface area contributed by atoms with Crippen LogP contribution in [0.5, 0.6) is 5.75 Å². The molecule has 0 unspecified atom stereocenters. The van der Waals surface area contributed by atoms with E-state index in [1.807, 2.05) is 72.8 Å². The summed E-state index contributed by atoms with van der Waals surface area (Å²) in [7, 11) is 0. The van der Waals surface area contributed by atoms with E-state index in [1.54, 1.807) is 0 Å². The molecule has 0 aliphatic carbocycles. The first-order valence-corrected chi connectivity index (χ1v) is 10.8. The molecule has 0 radical (unpaired) electrons. The van der Waals surface area contributed by atoms with Crippen molar-refractivity contribution in [3.05, 3.63) is 93.2 Å². The smallest absolute Gasteiger partial charge is 0.196 e. The minimum absolute atomic E-state index is 0.0871. The summed E-state index contributed by atoms with van der Waals surface area (Å²) < 4.78 is 5.73. The Labute approximate surface area is 183 Å². The van der Waals surface area contributed by atoms with Crippen LogP contribution >= 0.6 is 0 Å². The monoisotopic (exact) mass is 417 g/mol. The molecule has 6 aromatic rings. The summed E-state index contributed by atoms with van der Waals surface area (Å²) in [6.45, 7) is 2.70. The van der Waals surface area contributed by atoms with Gasteiger partial charge < -0.3 is 4.74 Å². The second-order valence-electron chi connectivity index (χ2n) is 8.06. The van der Waals surface area contributed by atoms with E-state index in [4.69, 9.17) is 9.72 Å². The number of ether oxygens (including phenoxy) is 1. The highest BCUT2D eigenvalue weighted by Crippen LogP contribution is 2.38. The number of rotatable bonds is 4. The van der Waals surface area contributed by atoms with Crippen molar-refractivity contribution in [1.82, 2.24) is 4.98 Å². The average molecular weight is 417 g/mol. The molecule has 6 rings (SSSR count). The van der Waals surface area contributed by atoms with Crippen molar-refractivity contribution in [2.75, 3.05) is 6.61 Å². The molecule has 5 aromatic carbocycles. The summed E-state index contributed by atoms with van der Waals surface area (Å²) in [5.41, 5.74) is 2.60. The third-order valence-electron chi connectivity index (χ3n) is 6.12. The standard InChI is InChI=1S/C28H19NO3/c1-2-15-32-17-13-11-16(12-14-17)22-23-25(18-7-3-5-9-20(18)27(23)30)29-26-19-8-4-6-10-21(19)28(31)24(22)26/h3-14H,2,15H2,1H3. The summed E-state index contributed by atoms with van der Waals surface area (Å²) in [4.78, 5) is 31.9. The number of nitrogens with zero attached hydrogens (tertiary/aromatic N) is 1. The Kier molecular flexibility index (Phi) is 4.08. The minimum Gasteiger partial charge on any atom is -0.494 e. The van der Waals surface area contributed by atoms with Gasteiger partial charge in [-0.05, 0) is 24.1 Å². The van der Waals surface area contributed by atoms with E-state index >= 15 is 0 Å². The Morgan fingerprint density at radius 1 is 0.688 bits per heavy atom. The Balaban J connectivity index is 1.80. The first-order chi connectivity index (χ1) is 15.7. The van der Waals surface area contributed by atoms with E-state index in [1.165, 1.54) is 0 Å². The van der Waals surface area contributed by atoms with E-state index < -0.39 is 0 Å². The molecule has 154 valence electrons. The highest BCUT2D eigenvalue weighted by molar-refractivity contribution is 6.24. The van der Waals surface area contributed by atoms with Gasteiger partial charge in [-0.25, -0.2) is 4.98 Å². The van der Waals surface area contributed by atoms with E-state index in [2.05, 4.69) is 6.92 Å². The summed E-state index contributed by atoms with van der Waals surface area (Å²) in [5.74, 6) is 0.766. The molecular weight excluding hydrogens is 398 g/mol. The molecule has 0 fully saturated rings. The van der Waals surface area contributed by atoms with Crippen LogP contribution < -0.4 is 15.6 Å². The molecule has 4 heteroatoms. The summed E-state index contributed by atoms with van der Waals surface area (Å²) in [6, 6.07) is 22.7. The van der Waals surface area contributed by atoms with E-state index in [-0.39, 0.29) is 10.9 Å². The van der Waals surface area contributed by atoms with Gasteiger partial charge in [0, 0.05) is 27.1 Å². The summed E-state index contributed by atoms with van der Waals surface area (Å²) in [5, 5.41) is 3.90. The number of fused-ring (bicyclic) bond motifs is 6. The van der Waals surface area contributed by atoms with E-state index in [9.17, 15) is 9.59 Å². The van der Waals surface area contributed by atoms with Gasteiger partial charge in [0.15, 0.2) is 10.9 Å². The maximum atomic E-state index is 13.5. The fourth-order valence-electron chi connectivity index (χ4n) is 4.69. The van der Waals surface area contributed by atoms with Crippen molar-refractivity contribution < 1.29 is 4.74 Å². The normalized spacial score (nSPS) is 11.8. The number of hydrogen-bond donors (Lipinski definition) is 0. The van der Waals surface area contributed by atoms with Gasteiger partial charge in [0.1, 0.15) is 5.75 Å². The maximum absolute atomic E-state index is 13.5. The SMILES string of the molecule is CCCOc1ccc(-c2c3c(=O)c4ccccc4c3nc3c2c(=O)c2ccccc23)cc1. The van der Waals surface area contributed by atoms with Crippen molar-refractivity contribution in [3.8, 4) is 16.9 Å². The molecule has 0 aliphatic rings. The van der Waals surface area contributed by atoms with Gasteiger partial charge in [-0.2, -0.15) is 0 Å². The average Bonchev–Trinajstić information content (AvgIpc) is 3.29. The van der Waals surface area contributed by atoms with Crippen LogP contribution in [-0.2, 0) is 0 Å². The lowest BCUT2D eigenvalue weighted by Gasteiger charge is -2.08. The second-order valence-corrected chi connectivity index (χ2v) is 8.06. The lowest BCUT2D eigenvalue weighted by atomic mass is 9.99. The van der Waals surface area contributed by atoms with Gasteiger partial charge in [0.05, 0.1) is 28.4 Å². The minimum atomic E-state index is -0.0871. The number of aromatic nitrogens is 1. The molecule has 1 heterocycles. The van der Waals surface area contributed by atoms with Crippen molar-refractivity contribution in [3.63, 3.8) is 0 Å². The molecule has 0 saturated carbocycles. The lowest BCUT2D eigenvalue weighted by Crippen LogP contribution is -2.02. The predicted octanol–water partition coefficient (Wildman–Crippen LogP) is 5.75. The Hall–Kier alpha value is -4.05. The first-order valence-electron chi connectivity index (χ1n) is 10.8. The van der Waals surface area contributed by atoms with Crippen LogP contribution in [-0.4, -0.2) is 11.6 Å². The Morgan fingerprint density at radius 3 is 1.69 bits per heavy atom. The zero-order chi connectivity index (χ0) is 21.8. The van der Waals surface area contributed by atoms with Crippen molar-refractivity contribution in [2.24, 2.45) is 0 Å². The topological polar surface area (TPSA) is 56.3 Å². The first kappa shape index (κ1) is 18.7. The number of pyridine rings is 1. The van der Waals surface area contributed by atoms with E-state index in [0.717, 1.165) is 28.5 Å². The third-order valence-corrected chi connectivity index (χ3v) is 6.12. The molecule has 1 aromatic heterocycles. The number of hydrogen-bond acceptors (Lipinski definition) is 4. The van der Waals surface area contributed by atoms with E-state index in [0.29, 0.717) is 44.7 Å².